The van der Waals surface area contributed by atoms with Gasteiger partial charge in [-0.1, -0.05) is 30.3 Å². The van der Waals surface area contributed by atoms with Crippen molar-refractivity contribution in [3.05, 3.63) is 41.7 Å². The molecule has 0 aliphatic carbocycles. The number of amides is 4. The first-order chi connectivity index (χ1) is 12.6. The minimum Gasteiger partial charge on any atom is -0.340 e. The maximum Gasteiger partial charge on any atom is 0.322 e. The zero-order valence-electron chi connectivity index (χ0n) is 14.1. The van der Waals surface area contributed by atoms with E-state index in [9.17, 15) is 14.4 Å². The topological polar surface area (TPSA) is 107 Å². The number of aromatic amines is 1. The number of hydrogen-bond acceptors (Lipinski definition) is 4. The minimum atomic E-state index is -0.681. The molecule has 1 aromatic carbocycles. The van der Waals surface area contributed by atoms with E-state index in [4.69, 9.17) is 0 Å². The predicted molar refractivity (Wildman–Crippen MR) is 92.8 cm³/mol. The molecule has 0 radical (unpaired) electrons. The Labute approximate surface area is 150 Å². The number of imide groups is 1. The molecule has 3 N–H and O–H groups in total. The van der Waals surface area contributed by atoms with Crippen molar-refractivity contribution in [2.24, 2.45) is 0 Å². The lowest BCUT2D eigenvalue weighted by Crippen LogP contribution is -2.50. The molecule has 3 heterocycles. The van der Waals surface area contributed by atoms with E-state index in [0.717, 1.165) is 22.8 Å². The van der Waals surface area contributed by atoms with Gasteiger partial charge >= 0.3 is 6.03 Å². The fourth-order valence-corrected chi connectivity index (χ4v) is 3.35. The summed E-state index contributed by atoms with van der Waals surface area (Å²) in [5.74, 6) is 0.263. The van der Waals surface area contributed by atoms with Crippen molar-refractivity contribution in [2.75, 3.05) is 6.54 Å². The van der Waals surface area contributed by atoms with Gasteiger partial charge in [-0.3, -0.25) is 14.9 Å². The molecule has 2 aliphatic heterocycles. The number of carbonyl (C=O) groups is 3. The molecule has 0 spiro atoms. The van der Waals surface area contributed by atoms with Crippen molar-refractivity contribution >= 4 is 17.8 Å². The lowest BCUT2D eigenvalue weighted by atomic mass is 10.1. The molecular weight excluding hydrogens is 334 g/mol. The van der Waals surface area contributed by atoms with Gasteiger partial charge < -0.3 is 15.2 Å². The number of imidazole rings is 1. The van der Waals surface area contributed by atoms with E-state index >= 15 is 0 Å². The Bertz CT molecular complexity index is 861. The van der Waals surface area contributed by atoms with E-state index in [1.54, 1.807) is 4.90 Å². The standard InChI is InChI=1S/C18H19N5O3/c24-15-7-6-13(21-18(26)22-15)17(25)23-9-8-12-14(10-23)20-16(19-12)11-4-2-1-3-5-11/h1-5,13H,6-10H2,(H,19,20)(H2,21,22,24,26)/t13-/m0/s1. The van der Waals surface area contributed by atoms with Crippen LogP contribution < -0.4 is 10.6 Å². The van der Waals surface area contributed by atoms with E-state index in [-0.39, 0.29) is 18.2 Å². The Hall–Kier alpha value is -3.16. The highest BCUT2D eigenvalue weighted by atomic mass is 16.2. The van der Waals surface area contributed by atoms with E-state index in [1.807, 2.05) is 30.3 Å². The van der Waals surface area contributed by atoms with Crippen LogP contribution in [0, 0.1) is 0 Å². The number of rotatable bonds is 2. The van der Waals surface area contributed by atoms with Crippen LogP contribution in [0.3, 0.4) is 0 Å². The van der Waals surface area contributed by atoms with Gasteiger partial charge in [0.2, 0.25) is 11.8 Å². The fraction of sp³-hybridized carbons (Fsp3) is 0.333. The van der Waals surface area contributed by atoms with Crippen molar-refractivity contribution < 1.29 is 14.4 Å². The van der Waals surface area contributed by atoms with Crippen molar-refractivity contribution in [3.8, 4) is 11.4 Å². The monoisotopic (exact) mass is 353 g/mol. The van der Waals surface area contributed by atoms with Gasteiger partial charge in [-0.15, -0.1) is 0 Å². The van der Waals surface area contributed by atoms with Gasteiger partial charge in [0.15, 0.2) is 0 Å². The predicted octanol–water partition coefficient (Wildman–Crippen LogP) is 0.950. The molecule has 2 aliphatic rings. The lowest BCUT2D eigenvalue weighted by molar-refractivity contribution is -0.134. The van der Waals surface area contributed by atoms with Crippen molar-refractivity contribution in [2.45, 2.75) is 31.8 Å². The molecule has 4 amide bonds. The Morgan fingerprint density at radius 1 is 1.15 bits per heavy atom. The number of benzene rings is 1. The molecule has 8 heteroatoms. The first kappa shape index (κ1) is 16.3. The molecule has 4 rings (SSSR count). The van der Waals surface area contributed by atoms with Gasteiger partial charge in [-0.2, -0.15) is 0 Å². The maximum atomic E-state index is 12.8. The molecule has 1 fully saturated rings. The van der Waals surface area contributed by atoms with Gasteiger partial charge in [0, 0.05) is 24.9 Å². The second-order valence-corrected chi connectivity index (χ2v) is 6.50. The summed E-state index contributed by atoms with van der Waals surface area (Å²) in [5, 5.41) is 4.76. The summed E-state index contributed by atoms with van der Waals surface area (Å²) >= 11 is 0. The third-order valence-corrected chi connectivity index (χ3v) is 4.71. The van der Waals surface area contributed by atoms with Crippen LogP contribution in [-0.2, 0) is 22.6 Å². The second-order valence-electron chi connectivity index (χ2n) is 6.50. The highest BCUT2D eigenvalue weighted by Gasteiger charge is 2.32. The molecule has 2 aromatic rings. The third kappa shape index (κ3) is 3.17. The summed E-state index contributed by atoms with van der Waals surface area (Å²) in [6, 6.07) is 8.54. The van der Waals surface area contributed by atoms with Crippen molar-refractivity contribution in [1.82, 2.24) is 25.5 Å². The average molecular weight is 353 g/mol. The molecule has 134 valence electrons. The Kier molecular flexibility index (Phi) is 4.16. The summed E-state index contributed by atoms with van der Waals surface area (Å²) in [5.41, 5.74) is 2.88. The van der Waals surface area contributed by atoms with Crippen LogP contribution in [-0.4, -0.2) is 45.3 Å². The number of aromatic nitrogens is 2. The Morgan fingerprint density at radius 2 is 1.96 bits per heavy atom. The highest BCUT2D eigenvalue weighted by molar-refractivity contribution is 5.98. The Balaban J connectivity index is 1.49. The fourth-order valence-electron chi connectivity index (χ4n) is 3.35. The quantitative estimate of drug-likeness (QED) is 0.747. The molecule has 26 heavy (non-hydrogen) atoms. The summed E-state index contributed by atoms with van der Waals surface area (Å²) < 4.78 is 0. The highest BCUT2D eigenvalue weighted by Crippen LogP contribution is 2.23. The summed E-state index contributed by atoms with van der Waals surface area (Å²) in [7, 11) is 0. The third-order valence-electron chi connectivity index (χ3n) is 4.71. The van der Waals surface area contributed by atoms with Gasteiger partial charge in [0.1, 0.15) is 11.9 Å². The molecule has 0 bridgehead atoms. The normalized spacial score (nSPS) is 20.0. The van der Waals surface area contributed by atoms with Crippen molar-refractivity contribution in [3.63, 3.8) is 0 Å². The molecule has 0 unspecified atom stereocenters. The summed E-state index contributed by atoms with van der Waals surface area (Å²) in [6.07, 6.45) is 1.11. The smallest absolute Gasteiger partial charge is 0.322 e. The van der Waals surface area contributed by atoms with E-state index in [0.29, 0.717) is 25.9 Å². The van der Waals surface area contributed by atoms with Crippen LogP contribution in [0.2, 0.25) is 0 Å². The molecular formula is C18H19N5O3. The summed E-state index contributed by atoms with van der Waals surface area (Å²) in [4.78, 5) is 45.5. The first-order valence-corrected chi connectivity index (χ1v) is 8.62. The van der Waals surface area contributed by atoms with Gasteiger partial charge in [0.25, 0.3) is 0 Å². The number of urea groups is 1. The van der Waals surface area contributed by atoms with Crippen LogP contribution in [0.25, 0.3) is 11.4 Å². The zero-order valence-corrected chi connectivity index (χ0v) is 14.1. The van der Waals surface area contributed by atoms with E-state index in [2.05, 4.69) is 20.6 Å². The van der Waals surface area contributed by atoms with Crippen LogP contribution in [0.5, 0.6) is 0 Å². The molecule has 1 atom stereocenters. The largest absolute Gasteiger partial charge is 0.340 e. The number of fused-ring (bicyclic) bond motifs is 1. The van der Waals surface area contributed by atoms with E-state index < -0.39 is 12.1 Å². The average Bonchev–Trinajstić information content (AvgIpc) is 3.00. The maximum absolute atomic E-state index is 12.8. The zero-order chi connectivity index (χ0) is 18.1. The van der Waals surface area contributed by atoms with Gasteiger partial charge in [-0.25, -0.2) is 9.78 Å². The van der Waals surface area contributed by atoms with Gasteiger partial charge in [0.05, 0.1) is 17.9 Å². The number of nitrogens with one attached hydrogen (secondary N) is 3. The molecule has 1 saturated heterocycles. The molecule has 1 aromatic heterocycles. The van der Waals surface area contributed by atoms with Gasteiger partial charge in [-0.05, 0) is 6.42 Å². The first-order valence-electron chi connectivity index (χ1n) is 8.62. The summed E-state index contributed by atoms with van der Waals surface area (Å²) in [6.45, 7) is 0.959. The number of nitrogens with zero attached hydrogens (tertiary/aromatic N) is 2. The van der Waals surface area contributed by atoms with Crippen LogP contribution in [0.15, 0.2) is 30.3 Å². The lowest BCUT2D eigenvalue weighted by Gasteiger charge is -2.29. The minimum absolute atomic E-state index is 0.149. The number of H-pyrrole nitrogens is 1. The van der Waals surface area contributed by atoms with Crippen LogP contribution >= 0.6 is 0 Å². The van der Waals surface area contributed by atoms with Crippen LogP contribution in [0.4, 0.5) is 4.79 Å². The molecule has 8 nitrogen and oxygen atoms in total. The number of hydrogen-bond donors (Lipinski definition) is 3. The van der Waals surface area contributed by atoms with Crippen LogP contribution in [0.1, 0.15) is 24.2 Å². The SMILES string of the molecule is O=C1CC[C@@H](C(=O)N2CCc3nc(-c4ccccc4)[nH]c3C2)NC(=O)N1. The number of carbonyl (C=O) groups excluding carboxylic acids is 3. The van der Waals surface area contributed by atoms with Crippen molar-refractivity contribution in [1.29, 1.82) is 0 Å². The van der Waals surface area contributed by atoms with E-state index in [1.165, 1.54) is 0 Å². The Morgan fingerprint density at radius 3 is 2.77 bits per heavy atom. The second kappa shape index (κ2) is 6.62. The molecule has 0 saturated carbocycles.